The van der Waals surface area contributed by atoms with Crippen LogP contribution in [0.3, 0.4) is 0 Å². The van der Waals surface area contributed by atoms with Crippen LogP contribution < -0.4 is 5.32 Å². The van der Waals surface area contributed by atoms with E-state index < -0.39 is 28.2 Å². The summed E-state index contributed by atoms with van der Waals surface area (Å²) in [5.41, 5.74) is -0.353. The smallest absolute Gasteiger partial charge is 0.416 e. The maximum Gasteiger partial charge on any atom is 0.416 e. The van der Waals surface area contributed by atoms with E-state index in [1.165, 1.54) is 37.5 Å². The first kappa shape index (κ1) is 22.9. The fourth-order valence-electron chi connectivity index (χ4n) is 2.88. The Kier molecular flexibility index (Phi) is 8.07. The highest BCUT2D eigenvalue weighted by atomic mass is 35.5. The zero-order valence-corrected chi connectivity index (χ0v) is 17.1. The summed E-state index contributed by atoms with van der Waals surface area (Å²) in [7, 11) is 0. The SMILES string of the molecule is CCCCCCCCC(Cl)(Cl)C1NC(=O)/C(=C/c2ccc(C(F)(F)F)cc2)O1. The molecule has 1 amide bonds. The van der Waals surface area contributed by atoms with Crippen LogP contribution in [-0.4, -0.2) is 16.5 Å². The largest absolute Gasteiger partial charge is 0.462 e. The minimum Gasteiger partial charge on any atom is -0.462 e. The van der Waals surface area contributed by atoms with Crippen LogP contribution in [0, 0.1) is 0 Å². The molecule has 1 unspecified atom stereocenters. The van der Waals surface area contributed by atoms with Crippen LogP contribution in [0.1, 0.15) is 63.0 Å². The molecule has 1 heterocycles. The van der Waals surface area contributed by atoms with Crippen molar-refractivity contribution in [1.82, 2.24) is 5.32 Å². The Hall–Kier alpha value is -1.40. The van der Waals surface area contributed by atoms with Gasteiger partial charge in [0.1, 0.15) is 0 Å². The van der Waals surface area contributed by atoms with Gasteiger partial charge in [-0.2, -0.15) is 13.2 Å². The van der Waals surface area contributed by atoms with Gasteiger partial charge in [-0.1, -0.05) is 80.8 Å². The van der Waals surface area contributed by atoms with Gasteiger partial charge in [-0.25, -0.2) is 0 Å². The number of halogens is 5. The van der Waals surface area contributed by atoms with Crippen molar-refractivity contribution in [2.45, 2.75) is 68.6 Å². The van der Waals surface area contributed by atoms with Gasteiger partial charge in [0.05, 0.1) is 5.56 Å². The molecule has 3 nitrogen and oxygen atoms in total. The molecule has 1 N–H and O–H groups in total. The van der Waals surface area contributed by atoms with E-state index in [1.54, 1.807) is 0 Å². The molecule has 1 saturated heterocycles. The van der Waals surface area contributed by atoms with E-state index in [1.807, 2.05) is 0 Å². The van der Waals surface area contributed by atoms with Crippen LogP contribution >= 0.6 is 23.2 Å². The lowest BCUT2D eigenvalue weighted by Gasteiger charge is -2.25. The van der Waals surface area contributed by atoms with Gasteiger partial charge in [-0.05, 0) is 30.2 Å². The summed E-state index contributed by atoms with van der Waals surface area (Å²) in [5.74, 6) is -0.531. The number of nitrogens with one attached hydrogen (secondary N) is 1. The summed E-state index contributed by atoms with van der Waals surface area (Å²) in [6, 6.07) is 4.43. The lowest BCUT2D eigenvalue weighted by molar-refractivity contribution is -0.137. The van der Waals surface area contributed by atoms with Crippen molar-refractivity contribution < 1.29 is 22.7 Å². The number of rotatable bonds is 9. The van der Waals surface area contributed by atoms with E-state index in [0.29, 0.717) is 12.0 Å². The van der Waals surface area contributed by atoms with Crippen molar-refractivity contribution in [3.63, 3.8) is 0 Å². The van der Waals surface area contributed by atoms with Crippen molar-refractivity contribution >= 4 is 35.2 Å². The number of carbonyl (C=O) groups is 1. The molecular formula is C20H24Cl2F3NO2. The van der Waals surface area contributed by atoms with Crippen LogP contribution in [-0.2, 0) is 15.7 Å². The predicted molar refractivity (Wildman–Crippen MR) is 105 cm³/mol. The van der Waals surface area contributed by atoms with Gasteiger partial charge in [0.25, 0.3) is 5.91 Å². The molecule has 156 valence electrons. The first-order valence-electron chi connectivity index (χ1n) is 9.38. The number of amides is 1. The average molecular weight is 438 g/mol. The maximum atomic E-state index is 12.6. The van der Waals surface area contributed by atoms with Crippen molar-refractivity contribution in [3.8, 4) is 0 Å². The van der Waals surface area contributed by atoms with Crippen molar-refractivity contribution in [2.24, 2.45) is 0 Å². The minimum atomic E-state index is -4.41. The molecule has 0 saturated carbocycles. The highest BCUT2D eigenvalue weighted by Crippen LogP contribution is 2.36. The van der Waals surface area contributed by atoms with Crippen LogP contribution in [0.15, 0.2) is 30.0 Å². The molecule has 0 aromatic heterocycles. The Morgan fingerprint density at radius 3 is 2.29 bits per heavy atom. The lowest BCUT2D eigenvalue weighted by atomic mass is 10.1. The van der Waals surface area contributed by atoms with Crippen molar-refractivity contribution in [1.29, 1.82) is 0 Å². The number of hydrogen-bond donors (Lipinski definition) is 1. The third kappa shape index (κ3) is 6.59. The summed E-state index contributed by atoms with van der Waals surface area (Å²) in [6.07, 6.45) is 2.97. The molecule has 2 rings (SSSR count). The summed E-state index contributed by atoms with van der Waals surface area (Å²) < 4.78 is 42.1. The van der Waals surface area contributed by atoms with Gasteiger partial charge in [0, 0.05) is 0 Å². The third-order valence-corrected chi connectivity index (χ3v) is 5.29. The van der Waals surface area contributed by atoms with Gasteiger partial charge >= 0.3 is 6.18 Å². The number of unbranched alkanes of at least 4 members (excludes halogenated alkanes) is 5. The van der Waals surface area contributed by atoms with E-state index in [2.05, 4.69) is 12.2 Å². The Labute approximate surface area is 173 Å². The van der Waals surface area contributed by atoms with E-state index in [0.717, 1.165) is 31.4 Å². The first-order chi connectivity index (χ1) is 13.1. The third-order valence-electron chi connectivity index (χ3n) is 4.51. The highest BCUT2D eigenvalue weighted by Gasteiger charge is 2.43. The Balaban J connectivity index is 1.93. The van der Waals surface area contributed by atoms with Crippen molar-refractivity contribution in [3.05, 3.63) is 41.2 Å². The molecule has 1 aliphatic heterocycles. The van der Waals surface area contributed by atoms with Crippen LogP contribution in [0.25, 0.3) is 6.08 Å². The van der Waals surface area contributed by atoms with E-state index >= 15 is 0 Å². The first-order valence-corrected chi connectivity index (χ1v) is 10.1. The molecule has 0 bridgehead atoms. The molecule has 0 aliphatic carbocycles. The van der Waals surface area contributed by atoms with Gasteiger partial charge in [0.15, 0.2) is 10.1 Å². The topological polar surface area (TPSA) is 38.3 Å². The number of ether oxygens (including phenoxy) is 1. The molecular weight excluding hydrogens is 414 g/mol. The monoisotopic (exact) mass is 437 g/mol. The van der Waals surface area contributed by atoms with Crippen molar-refractivity contribution in [2.75, 3.05) is 0 Å². The Morgan fingerprint density at radius 1 is 1.07 bits per heavy atom. The van der Waals surface area contributed by atoms with E-state index in [-0.39, 0.29) is 5.76 Å². The van der Waals surface area contributed by atoms with Gasteiger partial charge < -0.3 is 10.1 Å². The Bertz CT molecular complexity index is 688. The fourth-order valence-corrected chi connectivity index (χ4v) is 3.35. The van der Waals surface area contributed by atoms with Gasteiger partial charge in [-0.3, -0.25) is 4.79 Å². The van der Waals surface area contributed by atoms with Crippen LogP contribution in [0.5, 0.6) is 0 Å². The number of carbonyl (C=O) groups excluding carboxylic acids is 1. The van der Waals surface area contributed by atoms with E-state index in [4.69, 9.17) is 27.9 Å². The molecule has 0 spiro atoms. The molecule has 1 aromatic rings. The summed E-state index contributed by atoms with van der Waals surface area (Å²) in [4.78, 5) is 12.1. The second kappa shape index (κ2) is 9.88. The summed E-state index contributed by atoms with van der Waals surface area (Å²) in [6.45, 7) is 2.15. The van der Waals surface area contributed by atoms with Gasteiger partial charge in [-0.15, -0.1) is 0 Å². The average Bonchev–Trinajstić information content (AvgIpc) is 2.99. The summed E-state index contributed by atoms with van der Waals surface area (Å²) in [5, 5.41) is 2.59. The maximum absolute atomic E-state index is 12.6. The van der Waals surface area contributed by atoms with Crippen LogP contribution in [0.2, 0.25) is 0 Å². The molecule has 8 heteroatoms. The molecule has 1 aromatic carbocycles. The predicted octanol–water partition coefficient (Wildman–Crippen LogP) is 6.44. The quantitative estimate of drug-likeness (QED) is 0.274. The van der Waals surface area contributed by atoms with Gasteiger partial charge in [0.2, 0.25) is 6.23 Å². The number of benzene rings is 1. The molecule has 1 atom stereocenters. The van der Waals surface area contributed by atoms with Crippen LogP contribution in [0.4, 0.5) is 13.2 Å². The standard InChI is InChI=1S/C20H24Cl2F3NO2/c1-2-3-4-5-6-7-12-19(21,22)18-26-17(27)16(28-18)13-14-8-10-15(11-9-14)20(23,24)25/h8-11,13,18H,2-7,12H2,1H3,(H,26,27)/b16-13-. The molecule has 1 aliphatic rings. The highest BCUT2D eigenvalue weighted by molar-refractivity contribution is 6.49. The lowest BCUT2D eigenvalue weighted by Crippen LogP contribution is -2.41. The zero-order chi connectivity index (χ0) is 20.8. The normalized spacial score (nSPS) is 19.0. The zero-order valence-electron chi connectivity index (χ0n) is 15.6. The second-order valence-electron chi connectivity index (χ2n) is 6.88. The second-order valence-corrected chi connectivity index (χ2v) is 8.42. The molecule has 0 radical (unpaired) electrons. The summed E-state index contributed by atoms with van der Waals surface area (Å²) >= 11 is 12.7. The van der Waals surface area contributed by atoms with E-state index in [9.17, 15) is 18.0 Å². The number of alkyl halides is 5. The fraction of sp³-hybridized carbons (Fsp3) is 0.550. The Morgan fingerprint density at radius 2 is 1.68 bits per heavy atom. The molecule has 28 heavy (non-hydrogen) atoms. The number of hydrogen-bond acceptors (Lipinski definition) is 2. The molecule has 1 fully saturated rings. The minimum absolute atomic E-state index is 0.0293.